The van der Waals surface area contributed by atoms with Crippen LogP contribution in [0.4, 0.5) is 0 Å². The lowest BCUT2D eigenvalue weighted by atomic mass is 9.97. The Balaban J connectivity index is 1.57. The lowest BCUT2D eigenvalue weighted by Crippen LogP contribution is -2.63. The largest absolute Gasteiger partial charge is 0.372 e. The fourth-order valence-corrected chi connectivity index (χ4v) is 7.53. The first-order chi connectivity index (χ1) is 25.3. The van der Waals surface area contributed by atoms with Gasteiger partial charge in [-0.25, -0.2) is 0 Å². The Morgan fingerprint density at radius 3 is 1.35 bits per heavy atom. The molecule has 0 radical (unpaired) electrons. The molecule has 3 rings (SSSR count). The maximum Gasteiger partial charge on any atom is 0.186 e. The Bertz CT molecular complexity index is 898. The van der Waals surface area contributed by atoms with Crippen molar-refractivity contribution in [2.24, 2.45) is 0 Å². The second kappa shape index (κ2) is 30.3. The number of unbranched alkanes of at least 4 members (excludes halogenated alkanes) is 23. The van der Waals surface area contributed by atoms with Crippen molar-refractivity contribution in [2.75, 3.05) is 26.4 Å². The molecule has 1 aromatic carbocycles. The summed E-state index contributed by atoms with van der Waals surface area (Å²) in [5, 5.41) is 0. The Labute approximate surface area is 314 Å². The molecule has 2 aliphatic heterocycles. The summed E-state index contributed by atoms with van der Waals surface area (Å²) in [5.74, 6) is 0. The third-order valence-electron chi connectivity index (χ3n) is 10.8. The van der Waals surface area contributed by atoms with Gasteiger partial charge in [0.25, 0.3) is 0 Å². The van der Waals surface area contributed by atoms with E-state index >= 15 is 0 Å². The average molecular weight is 717 g/mol. The molecule has 2 heterocycles. The molecule has 0 aromatic heterocycles. The Morgan fingerprint density at radius 2 is 0.882 bits per heavy atom. The highest BCUT2D eigenvalue weighted by Crippen LogP contribution is 2.37. The molecule has 296 valence electrons. The van der Waals surface area contributed by atoms with Gasteiger partial charge in [0.05, 0.1) is 6.61 Å². The number of hydrogen-bond acceptors (Lipinski definition) is 6. The highest BCUT2D eigenvalue weighted by molar-refractivity contribution is 5.16. The summed E-state index contributed by atoms with van der Waals surface area (Å²) < 4.78 is 39.6. The highest BCUT2D eigenvalue weighted by Gasteiger charge is 2.51. The number of fused-ring (bicyclic) bond motifs is 1. The van der Waals surface area contributed by atoms with Gasteiger partial charge in [0.1, 0.15) is 24.4 Å². The van der Waals surface area contributed by atoms with E-state index in [1.54, 1.807) is 0 Å². The number of ether oxygens (including phenoxy) is 6. The van der Waals surface area contributed by atoms with Crippen molar-refractivity contribution in [1.82, 2.24) is 0 Å². The van der Waals surface area contributed by atoms with Gasteiger partial charge in [-0.1, -0.05) is 199 Å². The van der Waals surface area contributed by atoms with Crippen molar-refractivity contribution < 1.29 is 28.4 Å². The van der Waals surface area contributed by atoms with Gasteiger partial charge in [0, 0.05) is 25.4 Å². The molecule has 2 saturated heterocycles. The zero-order chi connectivity index (χ0) is 36.0. The van der Waals surface area contributed by atoms with Gasteiger partial charge in [-0.05, 0) is 19.3 Å². The molecule has 6 atom stereocenters. The van der Waals surface area contributed by atoms with E-state index in [0.29, 0.717) is 26.4 Å². The molecule has 0 aliphatic carbocycles. The first-order valence-electron chi connectivity index (χ1n) is 22.1. The van der Waals surface area contributed by atoms with Crippen LogP contribution in [0.1, 0.15) is 200 Å². The third-order valence-corrected chi connectivity index (χ3v) is 10.8. The summed E-state index contributed by atoms with van der Waals surface area (Å²) in [4.78, 5) is 0. The van der Waals surface area contributed by atoms with Gasteiger partial charge >= 0.3 is 0 Å². The summed E-state index contributed by atoms with van der Waals surface area (Å²) in [6.45, 7) is 9.35. The lowest BCUT2D eigenvalue weighted by Gasteiger charge is -2.49. The molecule has 6 heteroatoms. The van der Waals surface area contributed by atoms with Crippen LogP contribution in [-0.2, 0) is 28.4 Å². The minimum Gasteiger partial charge on any atom is -0.372 e. The predicted molar refractivity (Wildman–Crippen MR) is 211 cm³/mol. The van der Waals surface area contributed by atoms with Crippen LogP contribution >= 0.6 is 0 Å². The number of benzene rings is 1. The van der Waals surface area contributed by atoms with E-state index in [0.717, 1.165) is 24.8 Å². The fourth-order valence-electron chi connectivity index (χ4n) is 7.53. The average Bonchev–Trinajstić information content (AvgIpc) is 3.16. The smallest absolute Gasteiger partial charge is 0.186 e. The second-order valence-electron chi connectivity index (χ2n) is 15.4. The number of rotatable bonds is 33. The summed E-state index contributed by atoms with van der Waals surface area (Å²) in [7, 11) is 0. The topological polar surface area (TPSA) is 55.4 Å². The summed E-state index contributed by atoms with van der Waals surface area (Å²) in [6.07, 6.45) is 31.4. The van der Waals surface area contributed by atoms with E-state index in [1.807, 2.05) is 18.2 Å². The second-order valence-corrected chi connectivity index (χ2v) is 15.4. The number of hydrogen-bond donors (Lipinski definition) is 0. The molecular formula is C45H80O6. The van der Waals surface area contributed by atoms with Gasteiger partial charge in [-0.3, -0.25) is 0 Å². The minimum absolute atomic E-state index is 0.255. The monoisotopic (exact) mass is 717 g/mol. The molecule has 2 fully saturated rings. The van der Waals surface area contributed by atoms with Crippen molar-refractivity contribution in [1.29, 1.82) is 0 Å². The highest BCUT2D eigenvalue weighted by atomic mass is 16.8. The van der Waals surface area contributed by atoms with Crippen LogP contribution in [0.2, 0.25) is 0 Å². The van der Waals surface area contributed by atoms with E-state index < -0.39 is 12.6 Å². The molecule has 0 unspecified atom stereocenters. The van der Waals surface area contributed by atoms with Crippen LogP contribution in [0, 0.1) is 0 Å². The van der Waals surface area contributed by atoms with Crippen LogP contribution in [-0.4, -0.2) is 57.1 Å². The van der Waals surface area contributed by atoms with Crippen molar-refractivity contribution in [2.45, 2.75) is 225 Å². The predicted octanol–water partition coefficient (Wildman–Crippen LogP) is 12.8. The van der Waals surface area contributed by atoms with Gasteiger partial charge in [0.15, 0.2) is 12.6 Å². The fraction of sp³-hybridized carbons (Fsp3) is 0.867. The van der Waals surface area contributed by atoms with Crippen LogP contribution < -0.4 is 0 Å². The van der Waals surface area contributed by atoms with E-state index in [-0.39, 0.29) is 24.4 Å². The van der Waals surface area contributed by atoms with Crippen LogP contribution in [0.3, 0.4) is 0 Å². The first-order valence-corrected chi connectivity index (χ1v) is 22.1. The summed E-state index contributed by atoms with van der Waals surface area (Å²) in [5.41, 5.74) is 1.02. The zero-order valence-corrected chi connectivity index (χ0v) is 33.5. The van der Waals surface area contributed by atoms with Gasteiger partial charge < -0.3 is 28.4 Å². The lowest BCUT2D eigenvalue weighted by molar-refractivity contribution is -0.370. The van der Waals surface area contributed by atoms with Gasteiger partial charge in [0.2, 0.25) is 0 Å². The molecule has 2 aliphatic rings. The molecule has 0 amide bonds. The van der Waals surface area contributed by atoms with E-state index in [4.69, 9.17) is 28.4 Å². The molecule has 0 spiro atoms. The summed E-state index contributed by atoms with van der Waals surface area (Å²) >= 11 is 0. The third kappa shape index (κ3) is 19.2. The molecule has 0 saturated carbocycles. The van der Waals surface area contributed by atoms with Crippen LogP contribution in [0.5, 0.6) is 0 Å². The van der Waals surface area contributed by atoms with Gasteiger partial charge in [-0.2, -0.15) is 0 Å². The molecule has 1 aromatic rings. The Morgan fingerprint density at radius 1 is 0.471 bits per heavy atom. The SMILES string of the molecule is CCCCCCCCCCCCO[C@@H]1[C@@H](OCCCCCCCCCCCC)[C@H](OCCCCCCCC)O[C@@H]2CO[C@@H](c3ccccc3)O[C@@H]12. The maximum absolute atomic E-state index is 6.81. The zero-order valence-electron chi connectivity index (χ0n) is 33.5. The molecule has 0 bridgehead atoms. The normalized spacial score (nSPS) is 23.4. The quantitative estimate of drug-likeness (QED) is 0.0675. The molecule has 0 N–H and O–H groups in total. The summed E-state index contributed by atoms with van der Waals surface area (Å²) in [6, 6.07) is 10.2. The minimum atomic E-state index is -0.483. The molecular weight excluding hydrogens is 636 g/mol. The van der Waals surface area contributed by atoms with E-state index in [1.165, 1.54) is 148 Å². The van der Waals surface area contributed by atoms with Crippen molar-refractivity contribution in [3.63, 3.8) is 0 Å². The Kier molecular flexibility index (Phi) is 26.4. The Hall–Kier alpha value is -1.02. The van der Waals surface area contributed by atoms with E-state index in [2.05, 4.69) is 32.9 Å². The van der Waals surface area contributed by atoms with Crippen LogP contribution in [0.15, 0.2) is 30.3 Å². The van der Waals surface area contributed by atoms with Crippen molar-refractivity contribution >= 4 is 0 Å². The maximum atomic E-state index is 6.81. The van der Waals surface area contributed by atoms with Crippen molar-refractivity contribution in [3.8, 4) is 0 Å². The van der Waals surface area contributed by atoms with Crippen LogP contribution in [0.25, 0.3) is 0 Å². The molecule has 6 nitrogen and oxygen atoms in total. The van der Waals surface area contributed by atoms with E-state index in [9.17, 15) is 0 Å². The van der Waals surface area contributed by atoms with Crippen molar-refractivity contribution in [3.05, 3.63) is 35.9 Å². The molecule has 51 heavy (non-hydrogen) atoms. The van der Waals surface area contributed by atoms with Gasteiger partial charge in [-0.15, -0.1) is 0 Å². The standard InChI is InChI=1S/C45H80O6/c1-4-7-10-13-16-18-20-22-25-30-35-46-42-41-40(38-49-44(51-41)39-33-28-27-29-34-39)50-45(48-37-32-24-15-12-9-6-3)43(42)47-36-31-26-23-21-19-17-14-11-8-5-2/h27-29,33-34,40-45H,4-26,30-32,35-38H2,1-3H3/t40-,41-,42+,43-,44-,45-/m1/s1. The first kappa shape index (κ1) is 44.4.